The second kappa shape index (κ2) is 9.31. The van der Waals surface area contributed by atoms with E-state index in [4.69, 9.17) is 14.5 Å². The molecule has 0 amide bonds. The molecule has 6 nitrogen and oxygen atoms in total. The first-order valence-electron chi connectivity index (χ1n) is 10.2. The van der Waals surface area contributed by atoms with Gasteiger partial charge in [-0.05, 0) is 51.5 Å². The van der Waals surface area contributed by atoms with Gasteiger partial charge in [0.15, 0.2) is 17.5 Å². The van der Waals surface area contributed by atoms with Crippen LogP contribution in [-0.4, -0.2) is 44.0 Å². The van der Waals surface area contributed by atoms with Crippen molar-refractivity contribution >= 4 is 5.96 Å². The number of benzene rings is 1. The SMILES string of the molecule is CCNC(=NCc1cccc(OC)c1OC1CCCC1)NCC1(CO)CC1. The summed E-state index contributed by atoms with van der Waals surface area (Å²) in [7, 11) is 1.68. The molecule has 0 saturated heterocycles. The van der Waals surface area contributed by atoms with Crippen molar-refractivity contribution in [2.75, 3.05) is 26.8 Å². The second-order valence-corrected chi connectivity index (χ2v) is 7.68. The molecular formula is C21H33N3O3. The molecule has 0 bridgehead atoms. The lowest BCUT2D eigenvalue weighted by atomic mass is 10.1. The number of aliphatic hydroxyl groups excluding tert-OH is 1. The van der Waals surface area contributed by atoms with Crippen LogP contribution in [0.2, 0.25) is 0 Å². The number of aliphatic imine (C=N–C) groups is 1. The number of hydrogen-bond donors (Lipinski definition) is 3. The van der Waals surface area contributed by atoms with E-state index in [1.165, 1.54) is 12.8 Å². The molecule has 0 heterocycles. The van der Waals surface area contributed by atoms with Crippen LogP contribution in [0.1, 0.15) is 51.0 Å². The highest BCUT2D eigenvalue weighted by molar-refractivity contribution is 5.79. The predicted octanol–water partition coefficient (Wildman–Crippen LogP) is 2.84. The van der Waals surface area contributed by atoms with E-state index in [1.54, 1.807) is 7.11 Å². The van der Waals surface area contributed by atoms with Crippen molar-refractivity contribution < 1.29 is 14.6 Å². The number of rotatable bonds is 9. The number of nitrogens with one attached hydrogen (secondary N) is 2. The van der Waals surface area contributed by atoms with Crippen LogP contribution in [-0.2, 0) is 6.54 Å². The molecular weight excluding hydrogens is 342 g/mol. The minimum absolute atomic E-state index is 0.0445. The second-order valence-electron chi connectivity index (χ2n) is 7.68. The average molecular weight is 376 g/mol. The summed E-state index contributed by atoms with van der Waals surface area (Å²) in [6.07, 6.45) is 7.09. The molecule has 150 valence electrons. The van der Waals surface area contributed by atoms with Gasteiger partial charge in [-0.3, -0.25) is 0 Å². The zero-order valence-corrected chi connectivity index (χ0v) is 16.6. The topological polar surface area (TPSA) is 75.1 Å². The Morgan fingerprint density at radius 1 is 1.26 bits per heavy atom. The average Bonchev–Trinajstić information content (AvgIpc) is 3.30. The summed E-state index contributed by atoms with van der Waals surface area (Å²) in [6.45, 7) is 4.34. The van der Waals surface area contributed by atoms with Crippen LogP contribution >= 0.6 is 0 Å². The molecule has 0 spiro atoms. The summed E-state index contributed by atoms with van der Waals surface area (Å²) in [6, 6.07) is 5.98. The van der Waals surface area contributed by atoms with Crippen LogP contribution < -0.4 is 20.1 Å². The van der Waals surface area contributed by atoms with E-state index >= 15 is 0 Å². The fourth-order valence-electron chi connectivity index (χ4n) is 3.50. The number of nitrogens with zero attached hydrogens (tertiary/aromatic N) is 1. The zero-order chi connectivity index (χ0) is 19.1. The molecule has 0 aromatic heterocycles. The maximum atomic E-state index is 9.51. The fraction of sp³-hybridized carbons (Fsp3) is 0.667. The van der Waals surface area contributed by atoms with Crippen molar-refractivity contribution in [3.05, 3.63) is 23.8 Å². The third kappa shape index (κ3) is 5.28. The standard InChI is InChI=1S/C21H33N3O3/c1-3-22-20(24-14-21(15-25)11-12-21)23-13-16-7-6-10-18(26-2)19(16)27-17-8-4-5-9-17/h6-7,10,17,25H,3-5,8-9,11-15H2,1-2H3,(H2,22,23,24). The number of aliphatic hydroxyl groups is 1. The van der Waals surface area contributed by atoms with Gasteiger partial charge in [-0.1, -0.05) is 12.1 Å². The molecule has 27 heavy (non-hydrogen) atoms. The summed E-state index contributed by atoms with van der Waals surface area (Å²) in [4.78, 5) is 4.74. The van der Waals surface area contributed by atoms with E-state index in [2.05, 4.69) is 23.6 Å². The summed E-state index contributed by atoms with van der Waals surface area (Å²) < 4.78 is 11.8. The van der Waals surface area contributed by atoms with Crippen molar-refractivity contribution in [3.8, 4) is 11.5 Å². The first-order chi connectivity index (χ1) is 13.2. The highest BCUT2D eigenvalue weighted by Gasteiger charge is 2.41. The molecule has 1 aromatic carbocycles. The van der Waals surface area contributed by atoms with Gasteiger partial charge >= 0.3 is 0 Å². The van der Waals surface area contributed by atoms with Gasteiger partial charge in [-0.15, -0.1) is 0 Å². The first kappa shape index (κ1) is 19.8. The number of methoxy groups -OCH3 is 1. The Hall–Kier alpha value is -1.95. The van der Waals surface area contributed by atoms with Gasteiger partial charge in [0.2, 0.25) is 0 Å². The molecule has 2 aliphatic rings. The molecule has 3 N–H and O–H groups in total. The lowest BCUT2D eigenvalue weighted by molar-refractivity contribution is 0.198. The summed E-state index contributed by atoms with van der Waals surface area (Å²) in [5, 5.41) is 16.2. The molecule has 2 fully saturated rings. The fourth-order valence-corrected chi connectivity index (χ4v) is 3.50. The Kier molecular flexibility index (Phi) is 6.83. The Bertz CT molecular complexity index is 638. The molecule has 2 aliphatic carbocycles. The van der Waals surface area contributed by atoms with Gasteiger partial charge in [-0.25, -0.2) is 4.99 Å². The Balaban J connectivity index is 1.70. The predicted molar refractivity (Wildman–Crippen MR) is 107 cm³/mol. The van der Waals surface area contributed by atoms with Crippen LogP contribution in [0, 0.1) is 5.41 Å². The Morgan fingerprint density at radius 3 is 2.67 bits per heavy atom. The summed E-state index contributed by atoms with van der Waals surface area (Å²) in [5.41, 5.74) is 1.07. The maximum absolute atomic E-state index is 9.51. The van der Waals surface area contributed by atoms with E-state index in [1.807, 2.05) is 12.1 Å². The van der Waals surface area contributed by atoms with Crippen molar-refractivity contribution in [2.45, 2.75) is 58.1 Å². The quantitative estimate of drug-likeness (QED) is 0.457. The normalized spacial score (nSPS) is 19.0. The Morgan fingerprint density at radius 2 is 2.04 bits per heavy atom. The van der Waals surface area contributed by atoms with Crippen molar-refractivity contribution in [2.24, 2.45) is 10.4 Å². The van der Waals surface area contributed by atoms with E-state index in [9.17, 15) is 5.11 Å². The zero-order valence-electron chi connectivity index (χ0n) is 16.6. The molecule has 0 radical (unpaired) electrons. The number of ether oxygens (including phenoxy) is 2. The summed E-state index contributed by atoms with van der Waals surface area (Å²) >= 11 is 0. The van der Waals surface area contributed by atoms with E-state index in [0.717, 1.165) is 61.8 Å². The van der Waals surface area contributed by atoms with Gasteiger partial charge in [0.25, 0.3) is 0 Å². The van der Waals surface area contributed by atoms with Crippen molar-refractivity contribution in [3.63, 3.8) is 0 Å². The van der Waals surface area contributed by atoms with Gasteiger partial charge < -0.3 is 25.2 Å². The smallest absolute Gasteiger partial charge is 0.191 e. The monoisotopic (exact) mass is 375 g/mol. The third-order valence-electron chi connectivity index (χ3n) is 5.54. The summed E-state index contributed by atoms with van der Waals surface area (Å²) in [5.74, 6) is 2.36. The van der Waals surface area contributed by atoms with Crippen LogP contribution in [0.3, 0.4) is 0 Å². The lowest BCUT2D eigenvalue weighted by Crippen LogP contribution is -2.41. The Labute approximate surface area is 162 Å². The van der Waals surface area contributed by atoms with E-state index in [0.29, 0.717) is 6.54 Å². The van der Waals surface area contributed by atoms with Crippen LogP contribution in [0.4, 0.5) is 0 Å². The minimum Gasteiger partial charge on any atom is -0.493 e. The third-order valence-corrected chi connectivity index (χ3v) is 5.54. The molecule has 6 heteroatoms. The van der Waals surface area contributed by atoms with Crippen molar-refractivity contribution in [1.29, 1.82) is 0 Å². The molecule has 2 saturated carbocycles. The lowest BCUT2D eigenvalue weighted by Gasteiger charge is -2.19. The minimum atomic E-state index is 0.0445. The number of guanidine groups is 1. The van der Waals surface area contributed by atoms with Gasteiger partial charge in [0.05, 0.1) is 26.4 Å². The number of hydrogen-bond acceptors (Lipinski definition) is 4. The highest BCUT2D eigenvalue weighted by Crippen LogP contribution is 2.44. The van der Waals surface area contributed by atoms with E-state index in [-0.39, 0.29) is 18.1 Å². The van der Waals surface area contributed by atoms with Crippen LogP contribution in [0.25, 0.3) is 0 Å². The van der Waals surface area contributed by atoms with Crippen LogP contribution in [0.5, 0.6) is 11.5 Å². The molecule has 3 rings (SSSR count). The van der Waals surface area contributed by atoms with Gasteiger partial charge in [0.1, 0.15) is 0 Å². The molecule has 0 aliphatic heterocycles. The molecule has 0 unspecified atom stereocenters. The van der Waals surface area contributed by atoms with Crippen LogP contribution in [0.15, 0.2) is 23.2 Å². The van der Waals surface area contributed by atoms with Gasteiger partial charge in [-0.2, -0.15) is 0 Å². The largest absolute Gasteiger partial charge is 0.493 e. The maximum Gasteiger partial charge on any atom is 0.191 e. The van der Waals surface area contributed by atoms with Gasteiger partial charge in [0, 0.05) is 24.1 Å². The highest BCUT2D eigenvalue weighted by atomic mass is 16.5. The molecule has 0 atom stereocenters. The van der Waals surface area contributed by atoms with E-state index < -0.39 is 0 Å². The molecule has 1 aromatic rings. The van der Waals surface area contributed by atoms with Crippen molar-refractivity contribution in [1.82, 2.24) is 10.6 Å². The first-order valence-corrected chi connectivity index (χ1v) is 10.2. The number of para-hydroxylation sites is 1.